The second-order valence-corrected chi connectivity index (χ2v) is 13.2. The Morgan fingerprint density at radius 1 is 1.10 bits per heavy atom. The number of ether oxygens (including phenoxy) is 1. The summed E-state index contributed by atoms with van der Waals surface area (Å²) in [5, 5.41) is 65.2. The van der Waals surface area contributed by atoms with Crippen molar-refractivity contribution in [2.75, 3.05) is 13.2 Å². The highest BCUT2D eigenvalue weighted by Gasteiger charge is 2.48. The average molecular weight is 679 g/mol. The summed E-state index contributed by atoms with van der Waals surface area (Å²) in [4.78, 5) is 30.5. The van der Waals surface area contributed by atoms with E-state index >= 15 is 0 Å². The number of H-pyrrole nitrogens is 2. The van der Waals surface area contributed by atoms with Gasteiger partial charge in [0.15, 0.2) is 22.6 Å². The van der Waals surface area contributed by atoms with E-state index in [0.29, 0.717) is 44.8 Å². The van der Waals surface area contributed by atoms with Gasteiger partial charge in [0.25, 0.3) is 0 Å². The van der Waals surface area contributed by atoms with Crippen LogP contribution in [0.4, 0.5) is 0 Å². The van der Waals surface area contributed by atoms with E-state index in [1.807, 2.05) is 29.2 Å². The minimum absolute atomic E-state index is 0.215. The molecule has 0 radical (unpaired) electrons. The van der Waals surface area contributed by atoms with Crippen LogP contribution < -0.4 is 10.2 Å². The summed E-state index contributed by atoms with van der Waals surface area (Å²) in [6.07, 6.45) is 0.876. The van der Waals surface area contributed by atoms with Gasteiger partial charge in [0.1, 0.15) is 53.7 Å². The Morgan fingerprint density at radius 2 is 1.86 bits per heavy atom. The van der Waals surface area contributed by atoms with Crippen LogP contribution in [-0.4, -0.2) is 98.6 Å². The standard InChI is InChI=1S/C34H38N4O11/c1-17-8-24(40)20-9-19-10-27(33(2,3)48-30(19)29(31(20)47-17)37-12-18-4-6-36-22(18)13-37)49-46-15-26(42)34(45,32(44)25(41)14-39)16-38-23-5-7-35-21(23)11-28(38)43/h4-9,11-13,25-27,32,35-36,39,41-45H,10,14-16H2,1-3H3/t25-,26+,27-,32-,34-/m1/s1. The molecule has 6 aromatic rings. The molecule has 5 atom stereocenters. The Morgan fingerprint density at radius 3 is 2.61 bits per heavy atom. The molecule has 6 heterocycles. The van der Waals surface area contributed by atoms with Gasteiger partial charge in [-0.05, 0) is 39.0 Å². The van der Waals surface area contributed by atoms with Gasteiger partial charge in [-0.3, -0.25) is 4.79 Å². The first-order valence-electron chi connectivity index (χ1n) is 15.8. The molecule has 1 aliphatic heterocycles. The summed E-state index contributed by atoms with van der Waals surface area (Å²) in [6.45, 7) is 3.10. The third-order valence-electron chi connectivity index (χ3n) is 9.37. The minimum atomic E-state index is -2.53. The molecule has 0 spiro atoms. The summed E-state index contributed by atoms with van der Waals surface area (Å²) >= 11 is 0. The van der Waals surface area contributed by atoms with Crippen molar-refractivity contribution in [3.05, 3.63) is 76.7 Å². The Labute approximate surface area is 278 Å². The van der Waals surface area contributed by atoms with E-state index in [0.717, 1.165) is 10.9 Å². The van der Waals surface area contributed by atoms with Crippen molar-refractivity contribution >= 4 is 32.9 Å². The number of aryl methyl sites for hydroxylation is 1. The summed E-state index contributed by atoms with van der Waals surface area (Å²) in [5.74, 6) is 0.658. The monoisotopic (exact) mass is 678 g/mol. The number of aliphatic hydroxyl groups excluding tert-OH is 4. The maximum atomic E-state index is 13.2. The SMILES string of the molecule is Cc1cc(=O)c2cc3c(c(-n4cc5cc[nH]c5c4)c2o1)OC(C)(C)[C@H](OOC[C@H](O)[C@](O)(Cn1c(O)cc2[nH]ccc21)[C@H](O)[C@H](O)CO)C3. The first-order chi connectivity index (χ1) is 23.3. The molecule has 0 saturated carbocycles. The molecule has 8 N–H and O–H groups in total. The van der Waals surface area contributed by atoms with E-state index in [1.54, 1.807) is 39.1 Å². The van der Waals surface area contributed by atoms with Crippen molar-refractivity contribution in [1.82, 2.24) is 19.1 Å². The number of hydrogen-bond donors (Lipinski definition) is 8. The van der Waals surface area contributed by atoms with Crippen LogP contribution >= 0.6 is 0 Å². The number of fused-ring (bicyclic) bond motifs is 4. The van der Waals surface area contributed by atoms with Crippen molar-refractivity contribution in [2.45, 2.75) is 69.4 Å². The van der Waals surface area contributed by atoms with Gasteiger partial charge in [-0.1, -0.05) is 0 Å². The van der Waals surface area contributed by atoms with E-state index in [9.17, 15) is 35.4 Å². The second-order valence-electron chi connectivity index (χ2n) is 13.2. The smallest absolute Gasteiger partial charge is 0.193 e. The Bertz CT molecular complexity index is 2180. The molecule has 15 heteroatoms. The lowest BCUT2D eigenvalue weighted by molar-refractivity contribution is -0.363. The number of nitrogens with one attached hydrogen (secondary N) is 2. The molecular formula is C34H38N4O11. The molecule has 0 fully saturated rings. The number of aromatic hydroxyl groups is 1. The van der Waals surface area contributed by atoms with Crippen molar-refractivity contribution < 1.29 is 49.6 Å². The fraction of sp³-hybridized carbons (Fsp3) is 0.382. The van der Waals surface area contributed by atoms with E-state index < -0.39 is 55.4 Å². The topological polar surface area (TPSA) is 221 Å². The zero-order chi connectivity index (χ0) is 34.8. The normalized spacial score (nSPS) is 19.1. The predicted octanol–water partition coefficient (Wildman–Crippen LogP) is 1.90. The lowest BCUT2D eigenvalue weighted by atomic mass is 9.87. The number of hydrogen-bond acceptors (Lipinski definition) is 11. The largest absolute Gasteiger partial charge is 0.494 e. The number of nitrogens with zero attached hydrogens (tertiary/aromatic N) is 2. The van der Waals surface area contributed by atoms with Gasteiger partial charge in [0.2, 0.25) is 0 Å². The molecule has 0 bridgehead atoms. The number of rotatable bonds is 11. The number of benzene rings is 1. The second kappa shape index (κ2) is 12.1. The van der Waals surface area contributed by atoms with Crippen LogP contribution in [0.3, 0.4) is 0 Å². The molecule has 49 heavy (non-hydrogen) atoms. The van der Waals surface area contributed by atoms with Crippen LogP contribution in [0, 0.1) is 6.92 Å². The lowest BCUT2D eigenvalue weighted by Crippen LogP contribution is -2.61. The highest BCUT2D eigenvalue weighted by atomic mass is 17.2. The van der Waals surface area contributed by atoms with E-state index in [1.165, 1.54) is 16.7 Å². The van der Waals surface area contributed by atoms with E-state index in [2.05, 4.69) is 9.97 Å². The maximum absolute atomic E-state index is 13.2. The highest BCUT2D eigenvalue weighted by molar-refractivity contribution is 5.91. The van der Waals surface area contributed by atoms with Gasteiger partial charge >= 0.3 is 0 Å². The van der Waals surface area contributed by atoms with Crippen LogP contribution in [0.1, 0.15) is 25.2 Å². The van der Waals surface area contributed by atoms with Gasteiger partial charge in [-0.2, -0.15) is 0 Å². The molecule has 0 unspecified atom stereocenters. The van der Waals surface area contributed by atoms with Crippen molar-refractivity contribution in [3.8, 4) is 17.3 Å². The Kier molecular flexibility index (Phi) is 8.10. The van der Waals surface area contributed by atoms with Gasteiger partial charge < -0.3 is 58.9 Å². The number of aromatic nitrogens is 4. The van der Waals surface area contributed by atoms with E-state index in [4.69, 9.17) is 18.9 Å². The van der Waals surface area contributed by atoms with Gasteiger partial charge in [-0.25, -0.2) is 9.78 Å². The summed E-state index contributed by atoms with van der Waals surface area (Å²) < 4.78 is 15.8. The van der Waals surface area contributed by atoms with Crippen LogP contribution in [0.5, 0.6) is 11.6 Å². The maximum Gasteiger partial charge on any atom is 0.193 e. The third-order valence-corrected chi connectivity index (χ3v) is 9.37. The van der Waals surface area contributed by atoms with Crippen molar-refractivity contribution in [2.24, 2.45) is 0 Å². The molecule has 15 nitrogen and oxygen atoms in total. The average Bonchev–Trinajstić information content (AvgIpc) is 3.83. The highest BCUT2D eigenvalue weighted by Crippen LogP contribution is 2.43. The quantitative estimate of drug-likeness (QED) is 0.0730. The molecule has 260 valence electrons. The molecule has 0 amide bonds. The summed E-state index contributed by atoms with van der Waals surface area (Å²) in [6, 6.07) is 8.07. The first-order valence-corrected chi connectivity index (χ1v) is 15.8. The molecule has 0 aliphatic carbocycles. The zero-order valence-electron chi connectivity index (χ0n) is 27.0. The first kappa shape index (κ1) is 32.9. The zero-order valence-corrected chi connectivity index (χ0v) is 27.0. The number of aromatic amines is 2. The van der Waals surface area contributed by atoms with E-state index in [-0.39, 0.29) is 17.7 Å². The fourth-order valence-electron chi connectivity index (χ4n) is 6.56. The van der Waals surface area contributed by atoms with Crippen LogP contribution in [0.2, 0.25) is 0 Å². The van der Waals surface area contributed by atoms with Gasteiger partial charge in [-0.15, -0.1) is 0 Å². The lowest BCUT2D eigenvalue weighted by Gasteiger charge is -2.41. The summed E-state index contributed by atoms with van der Waals surface area (Å²) in [5.41, 5.74) is -0.363. The molecule has 1 aromatic carbocycles. The predicted molar refractivity (Wildman–Crippen MR) is 176 cm³/mol. The number of aliphatic hydroxyl groups is 5. The Hall–Kier alpha value is -4.61. The van der Waals surface area contributed by atoms with Crippen LogP contribution in [-0.2, 0) is 22.7 Å². The third kappa shape index (κ3) is 5.58. The van der Waals surface area contributed by atoms with Crippen LogP contribution in [0.25, 0.3) is 38.6 Å². The van der Waals surface area contributed by atoms with Gasteiger partial charge in [0.05, 0.1) is 35.1 Å². The molecule has 5 aromatic heterocycles. The van der Waals surface area contributed by atoms with Crippen molar-refractivity contribution in [3.63, 3.8) is 0 Å². The molecule has 7 rings (SSSR count). The Balaban J connectivity index is 1.16. The fourth-order valence-corrected chi connectivity index (χ4v) is 6.56. The minimum Gasteiger partial charge on any atom is -0.494 e. The van der Waals surface area contributed by atoms with Crippen molar-refractivity contribution in [1.29, 1.82) is 0 Å². The van der Waals surface area contributed by atoms with Gasteiger partial charge in [0, 0.05) is 54.3 Å². The molecular weight excluding hydrogens is 640 g/mol. The summed E-state index contributed by atoms with van der Waals surface area (Å²) in [7, 11) is 0. The molecule has 0 saturated heterocycles. The molecule has 1 aliphatic rings. The van der Waals surface area contributed by atoms with Crippen LogP contribution in [0.15, 0.2) is 64.3 Å².